The van der Waals surface area contributed by atoms with Crippen molar-refractivity contribution in [2.24, 2.45) is 0 Å². The molecule has 2 N–H and O–H groups in total. The number of nitrogens with zero attached hydrogens (tertiary/aromatic N) is 2. The van der Waals surface area contributed by atoms with Crippen LogP contribution in [0.5, 0.6) is 5.75 Å². The Kier molecular flexibility index (Phi) is 5.49. The molecule has 0 bridgehead atoms. The van der Waals surface area contributed by atoms with E-state index in [1.807, 2.05) is 30.3 Å². The Morgan fingerprint density at radius 1 is 1.11 bits per heavy atom. The Balaban J connectivity index is 1.92. The number of aromatic amines is 1. The van der Waals surface area contributed by atoms with E-state index < -0.39 is 45.9 Å². The fourth-order valence-electron chi connectivity index (χ4n) is 2.68. The molecule has 0 radical (unpaired) electrons. The zero-order valence-electron chi connectivity index (χ0n) is 14.9. The number of hydrogen-bond acceptors (Lipinski definition) is 4. The van der Waals surface area contributed by atoms with Gasteiger partial charge in [-0.05, 0) is 24.1 Å². The van der Waals surface area contributed by atoms with Gasteiger partial charge in [0.2, 0.25) is 5.75 Å². The zero-order chi connectivity index (χ0) is 20.3. The van der Waals surface area contributed by atoms with E-state index in [9.17, 15) is 23.5 Å². The molecule has 28 heavy (non-hydrogen) atoms. The van der Waals surface area contributed by atoms with Crippen molar-refractivity contribution in [1.29, 1.82) is 0 Å². The predicted molar refractivity (Wildman–Crippen MR) is 99.0 cm³/mol. The van der Waals surface area contributed by atoms with Crippen molar-refractivity contribution in [3.8, 4) is 17.1 Å². The van der Waals surface area contributed by atoms with Crippen LogP contribution in [0.15, 0.2) is 53.3 Å². The van der Waals surface area contributed by atoms with Gasteiger partial charge in [0, 0.05) is 13.6 Å². The van der Waals surface area contributed by atoms with E-state index in [4.69, 9.17) is 0 Å². The van der Waals surface area contributed by atoms with Crippen LogP contribution in [-0.4, -0.2) is 39.5 Å². The largest absolute Gasteiger partial charge is 0.501 e. The maximum Gasteiger partial charge on any atom is 0.294 e. The fraction of sp³-hybridized carbons (Fsp3) is 0.150. The van der Waals surface area contributed by atoms with Gasteiger partial charge in [-0.15, -0.1) is 0 Å². The Labute approximate surface area is 159 Å². The van der Waals surface area contributed by atoms with Crippen LogP contribution in [0.3, 0.4) is 0 Å². The number of hydrogen-bond donors (Lipinski definition) is 2. The molecule has 8 heteroatoms. The van der Waals surface area contributed by atoms with Crippen LogP contribution in [-0.2, 0) is 6.42 Å². The van der Waals surface area contributed by atoms with E-state index in [-0.39, 0.29) is 0 Å². The minimum Gasteiger partial charge on any atom is -0.501 e. The summed E-state index contributed by atoms with van der Waals surface area (Å²) in [6.07, 6.45) is 0.543. The molecule has 0 unspecified atom stereocenters. The van der Waals surface area contributed by atoms with Gasteiger partial charge in [-0.3, -0.25) is 9.59 Å². The Hall–Kier alpha value is -3.55. The number of H-pyrrole nitrogens is 1. The van der Waals surface area contributed by atoms with Gasteiger partial charge in [-0.2, -0.15) is 0 Å². The molecule has 3 aromatic rings. The topological polar surface area (TPSA) is 86.3 Å². The normalized spacial score (nSPS) is 10.7. The van der Waals surface area contributed by atoms with Crippen molar-refractivity contribution < 1.29 is 18.7 Å². The number of rotatable bonds is 5. The highest BCUT2D eigenvalue weighted by molar-refractivity contribution is 5.95. The van der Waals surface area contributed by atoms with Crippen LogP contribution in [0.4, 0.5) is 8.78 Å². The number of halogens is 2. The van der Waals surface area contributed by atoms with Gasteiger partial charge in [0.15, 0.2) is 5.69 Å². The number of amides is 1. The fourth-order valence-corrected chi connectivity index (χ4v) is 2.68. The van der Waals surface area contributed by atoms with E-state index in [1.54, 1.807) is 0 Å². The van der Waals surface area contributed by atoms with Crippen molar-refractivity contribution in [1.82, 2.24) is 14.9 Å². The highest BCUT2D eigenvalue weighted by Gasteiger charge is 2.23. The monoisotopic (exact) mass is 385 g/mol. The molecule has 1 heterocycles. The molecule has 0 aliphatic heterocycles. The molecule has 1 aromatic heterocycles. The lowest BCUT2D eigenvalue weighted by molar-refractivity contribution is 0.0787. The maximum absolute atomic E-state index is 14.0. The number of likely N-dealkylation sites (N-methyl/N-ethyl adjacent to an activating group) is 1. The Bertz CT molecular complexity index is 1050. The molecule has 0 saturated heterocycles. The lowest BCUT2D eigenvalue weighted by atomic mass is 10.1. The van der Waals surface area contributed by atoms with Gasteiger partial charge in [0.1, 0.15) is 17.5 Å². The van der Waals surface area contributed by atoms with Crippen LogP contribution >= 0.6 is 0 Å². The van der Waals surface area contributed by atoms with Crippen molar-refractivity contribution in [3.05, 3.63) is 81.8 Å². The van der Waals surface area contributed by atoms with Gasteiger partial charge in [0.25, 0.3) is 11.5 Å². The van der Waals surface area contributed by atoms with Crippen LogP contribution in [0, 0.1) is 11.6 Å². The highest BCUT2D eigenvalue weighted by atomic mass is 19.1. The molecule has 1 amide bonds. The zero-order valence-corrected chi connectivity index (χ0v) is 14.9. The van der Waals surface area contributed by atoms with Crippen LogP contribution in [0.1, 0.15) is 16.1 Å². The maximum atomic E-state index is 14.0. The Morgan fingerprint density at radius 3 is 2.39 bits per heavy atom. The van der Waals surface area contributed by atoms with Gasteiger partial charge in [0.05, 0.1) is 5.56 Å². The van der Waals surface area contributed by atoms with Gasteiger partial charge < -0.3 is 15.0 Å². The molecular weight excluding hydrogens is 368 g/mol. The molecule has 0 saturated carbocycles. The molecule has 2 aromatic carbocycles. The van der Waals surface area contributed by atoms with E-state index in [0.29, 0.717) is 13.0 Å². The lowest BCUT2D eigenvalue weighted by Gasteiger charge is -2.17. The van der Waals surface area contributed by atoms with Gasteiger partial charge >= 0.3 is 0 Å². The summed E-state index contributed by atoms with van der Waals surface area (Å²) in [7, 11) is 1.48. The van der Waals surface area contributed by atoms with Crippen LogP contribution in [0.2, 0.25) is 0 Å². The predicted octanol–water partition coefficient (Wildman–Crippen LogP) is 2.74. The summed E-state index contributed by atoms with van der Waals surface area (Å²) in [4.78, 5) is 31.9. The van der Waals surface area contributed by atoms with Gasteiger partial charge in [-0.1, -0.05) is 36.4 Å². The summed E-state index contributed by atoms with van der Waals surface area (Å²) in [5, 5.41) is 9.97. The number of carbonyl (C=O) groups excluding carboxylic acids is 1. The van der Waals surface area contributed by atoms with E-state index in [2.05, 4.69) is 9.97 Å². The van der Waals surface area contributed by atoms with Crippen LogP contribution in [0.25, 0.3) is 11.4 Å². The van der Waals surface area contributed by atoms with E-state index in [1.165, 1.54) is 11.9 Å². The number of aromatic hydroxyl groups is 1. The molecular formula is C20H17F2N3O3. The summed E-state index contributed by atoms with van der Waals surface area (Å²) in [6, 6.07) is 12.6. The molecule has 144 valence electrons. The van der Waals surface area contributed by atoms with Crippen molar-refractivity contribution in [2.45, 2.75) is 6.42 Å². The Morgan fingerprint density at radius 2 is 1.75 bits per heavy atom. The second-order valence-electron chi connectivity index (χ2n) is 6.17. The molecule has 0 fully saturated rings. The molecule has 0 aliphatic rings. The summed E-state index contributed by atoms with van der Waals surface area (Å²) in [5.74, 6) is -4.03. The molecule has 3 rings (SSSR count). The first-order valence-corrected chi connectivity index (χ1v) is 8.45. The first-order valence-electron chi connectivity index (χ1n) is 8.45. The average molecular weight is 385 g/mol. The van der Waals surface area contributed by atoms with Crippen molar-refractivity contribution >= 4 is 5.91 Å². The van der Waals surface area contributed by atoms with E-state index in [0.717, 1.165) is 23.8 Å². The number of benzene rings is 2. The summed E-state index contributed by atoms with van der Waals surface area (Å²) >= 11 is 0. The molecule has 6 nitrogen and oxygen atoms in total. The summed E-state index contributed by atoms with van der Waals surface area (Å²) < 4.78 is 28.0. The smallest absolute Gasteiger partial charge is 0.294 e. The summed E-state index contributed by atoms with van der Waals surface area (Å²) in [5.41, 5.74) is -1.22. The molecule has 0 aliphatic carbocycles. The molecule has 0 atom stereocenters. The second-order valence-corrected chi connectivity index (χ2v) is 6.17. The van der Waals surface area contributed by atoms with Crippen LogP contribution < -0.4 is 5.56 Å². The highest BCUT2D eigenvalue weighted by Crippen LogP contribution is 2.24. The number of carbonyl (C=O) groups is 1. The third kappa shape index (κ3) is 3.90. The lowest BCUT2D eigenvalue weighted by Crippen LogP contribution is -2.31. The van der Waals surface area contributed by atoms with Crippen molar-refractivity contribution in [3.63, 3.8) is 0 Å². The van der Waals surface area contributed by atoms with E-state index >= 15 is 0 Å². The minimum atomic E-state index is -1.06. The second kappa shape index (κ2) is 7.99. The molecule has 0 spiro atoms. The van der Waals surface area contributed by atoms with Gasteiger partial charge in [-0.25, -0.2) is 13.8 Å². The third-order valence-corrected chi connectivity index (χ3v) is 4.22. The first kappa shape index (κ1) is 19.2. The number of aromatic nitrogens is 2. The van der Waals surface area contributed by atoms with Crippen molar-refractivity contribution in [2.75, 3.05) is 13.6 Å². The minimum absolute atomic E-state index is 0.292. The number of nitrogens with one attached hydrogen (secondary N) is 1. The standard InChI is InChI=1S/C20H17F2N3O3/c1-25(11-10-12-6-3-2-4-7-12)20(28)16-17(26)19(27)24-18(23-16)15-13(21)8-5-9-14(15)22/h2-9,26H,10-11H2,1H3,(H,23,24,27). The summed E-state index contributed by atoms with van der Waals surface area (Å²) in [6.45, 7) is 0.292. The quantitative estimate of drug-likeness (QED) is 0.707. The average Bonchev–Trinajstić information content (AvgIpc) is 2.68. The first-order chi connectivity index (χ1) is 13.4. The SMILES string of the molecule is CN(CCc1ccccc1)C(=O)c1nc(-c2c(F)cccc2F)[nH]c(=O)c1O. The third-order valence-electron chi connectivity index (χ3n) is 4.22.